The summed E-state index contributed by atoms with van der Waals surface area (Å²) in [5, 5.41) is 23.4. The van der Waals surface area contributed by atoms with Crippen LogP contribution >= 0.6 is 0 Å². The number of amides is 2. The Balaban J connectivity index is 1.32. The van der Waals surface area contributed by atoms with Crippen molar-refractivity contribution < 1.29 is 13.9 Å². The molecule has 0 aliphatic rings. The molecule has 0 atom stereocenters. The van der Waals surface area contributed by atoms with Crippen LogP contribution in [0.25, 0.3) is 11.5 Å². The van der Waals surface area contributed by atoms with Crippen LogP contribution in [-0.4, -0.2) is 35.6 Å². The number of aromatic nitrogens is 6. The van der Waals surface area contributed by atoms with E-state index in [1.807, 2.05) is 20.8 Å². The van der Waals surface area contributed by atoms with Gasteiger partial charge in [-0.3, -0.25) is 5.32 Å². The molecule has 11 nitrogen and oxygen atoms in total. The first-order valence-electron chi connectivity index (χ1n) is 12.6. The van der Waals surface area contributed by atoms with Crippen molar-refractivity contribution in [1.29, 1.82) is 5.26 Å². The van der Waals surface area contributed by atoms with Gasteiger partial charge in [0, 0.05) is 29.8 Å². The topological polar surface area (TPSA) is 136 Å². The number of nitrogens with zero attached hydrogens (tertiary/aromatic N) is 7. The zero-order valence-corrected chi connectivity index (χ0v) is 22.8. The zero-order valence-electron chi connectivity index (χ0n) is 22.8. The quantitative estimate of drug-likeness (QED) is 0.268. The highest BCUT2D eigenvalue weighted by molar-refractivity contribution is 5.99. The molecular formula is C29H26FN9O2. The van der Waals surface area contributed by atoms with E-state index in [0.717, 1.165) is 5.69 Å². The molecule has 0 unspecified atom stereocenters. The van der Waals surface area contributed by atoms with E-state index in [4.69, 9.17) is 4.74 Å². The number of halogens is 1. The molecule has 0 saturated carbocycles. The molecule has 0 radical (unpaired) electrons. The highest BCUT2D eigenvalue weighted by Crippen LogP contribution is 2.28. The Hall–Kier alpha value is -5.57. The summed E-state index contributed by atoms with van der Waals surface area (Å²) >= 11 is 0. The molecule has 0 fully saturated rings. The SMILES string of the molecule is Cc1ncn(-c2cc(Oc3ccc(NC(=O)Nc4cc(C(C)(C)C)nn4-c4cccc(C#N)c4)c(F)c3)ccn2)n1. The molecule has 0 saturated heterocycles. The van der Waals surface area contributed by atoms with Gasteiger partial charge in [0.15, 0.2) is 5.82 Å². The first-order chi connectivity index (χ1) is 19.6. The number of anilines is 2. The number of aryl methyl sites for hydroxylation is 1. The van der Waals surface area contributed by atoms with Crippen molar-refractivity contribution in [1.82, 2.24) is 29.5 Å². The lowest BCUT2D eigenvalue weighted by Gasteiger charge is -2.14. The van der Waals surface area contributed by atoms with Gasteiger partial charge in [-0.15, -0.1) is 0 Å². The average molecular weight is 552 g/mol. The van der Waals surface area contributed by atoms with Crippen LogP contribution in [0.2, 0.25) is 0 Å². The van der Waals surface area contributed by atoms with Crippen LogP contribution in [0.15, 0.2) is 73.2 Å². The van der Waals surface area contributed by atoms with Crippen LogP contribution < -0.4 is 15.4 Å². The molecule has 0 bridgehead atoms. The number of rotatable bonds is 6. The van der Waals surface area contributed by atoms with Gasteiger partial charge in [-0.05, 0) is 43.3 Å². The molecule has 0 aliphatic heterocycles. The van der Waals surface area contributed by atoms with Crippen LogP contribution in [0.3, 0.4) is 0 Å². The highest BCUT2D eigenvalue weighted by Gasteiger charge is 2.22. The molecular weight excluding hydrogens is 525 g/mol. The monoisotopic (exact) mass is 551 g/mol. The first kappa shape index (κ1) is 27.0. The number of hydrogen-bond donors (Lipinski definition) is 2. The number of nitrogens with one attached hydrogen (secondary N) is 2. The van der Waals surface area contributed by atoms with Crippen molar-refractivity contribution in [3.05, 3.63) is 96.1 Å². The average Bonchev–Trinajstić information content (AvgIpc) is 3.57. The largest absolute Gasteiger partial charge is 0.457 e. The minimum Gasteiger partial charge on any atom is -0.457 e. The standard InChI is InChI=1S/C29H26FN9O2/c1-18-33-17-38(36-18)26-14-22(10-11-32-26)41-21-8-9-24(23(30)13-21)34-28(40)35-27-15-25(29(2,3)4)37-39(27)20-7-5-6-19(12-20)16-31/h5-15,17H,1-4H3,(H2,34,35,40). The number of pyridine rings is 1. The number of urea groups is 1. The fraction of sp³-hybridized carbons (Fsp3) is 0.172. The second-order valence-corrected chi connectivity index (χ2v) is 10.1. The first-order valence-corrected chi connectivity index (χ1v) is 12.6. The second kappa shape index (κ2) is 10.9. The third kappa shape index (κ3) is 6.20. The summed E-state index contributed by atoms with van der Waals surface area (Å²) in [7, 11) is 0. The number of carbonyl (C=O) groups is 1. The van der Waals surface area contributed by atoms with E-state index in [0.29, 0.717) is 34.5 Å². The van der Waals surface area contributed by atoms with Crippen molar-refractivity contribution in [3.8, 4) is 29.1 Å². The van der Waals surface area contributed by atoms with Gasteiger partial charge in [0.2, 0.25) is 0 Å². The van der Waals surface area contributed by atoms with Gasteiger partial charge in [0.05, 0.1) is 28.7 Å². The van der Waals surface area contributed by atoms with E-state index < -0.39 is 11.8 Å². The van der Waals surface area contributed by atoms with Gasteiger partial charge in [-0.2, -0.15) is 15.5 Å². The summed E-state index contributed by atoms with van der Waals surface area (Å²) < 4.78 is 23.8. The number of nitriles is 1. The maximum Gasteiger partial charge on any atom is 0.324 e. The lowest BCUT2D eigenvalue weighted by Crippen LogP contribution is -2.22. The van der Waals surface area contributed by atoms with Crippen LogP contribution in [0.4, 0.5) is 20.7 Å². The van der Waals surface area contributed by atoms with Crippen molar-refractivity contribution in [2.45, 2.75) is 33.1 Å². The van der Waals surface area contributed by atoms with Gasteiger partial charge in [-0.25, -0.2) is 28.5 Å². The molecule has 2 aromatic carbocycles. The number of carbonyl (C=O) groups excluding carboxylic acids is 1. The summed E-state index contributed by atoms with van der Waals surface area (Å²) in [6.07, 6.45) is 3.08. The minimum absolute atomic E-state index is 0.0445. The Morgan fingerprint density at radius 1 is 1.00 bits per heavy atom. The Morgan fingerprint density at radius 2 is 1.80 bits per heavy atom. The van der Waals surface area contributed by atoms with Gasteiger partial charge in [0.1, 0.15) is 35.3 Å². The van der Waals surface area contributed by atoms with E-state index in [1.54, 1.807) is 55.6 Å². The summed E-state index contributed by atoms with van der Waals surface area (Å²) in [5.41, 5.74) is 1.42. The lowest BCUT2D eigenvalue weighted by atomic mass is 9.92. The van der Waals surface area contributed by atoms with Crippen LogP contribution in [0.1, 0.15) is 37.9 Å². The van der Waals surface area contributed by atoms with Gasteiger partial charge < -0.3 is 10.1 Å². The number of benzene rings is 2. The van der Waals surface area contributed by atoms with Crippen molar-refractivity contribution >= 4 is 17.5 Å². The molecule has 5 aromatic rings. The normalized spacial score (nSPS) is 11.1. The van der Waals surface area contributed by atoms with E-state index >= 15 is 0 Å². The molecule has 206 valence electrons. The van der Waals surface area contributed by atoms with Gasteiger partial charge in [-0.1, -0.05) is 26.8 Å². The molecule has 2 amide bonds. The summed E-state index contributed by atoms with van der Waals surface area (Å²) in [5.74, 6) is 1.41. The molecule has 3 aromatic heterocycles. The minimum atomic E-state index is -0.690. The van der Waals surface area contributed by atoms with E-state index in [1.165, 1.54) is 33.9 Å². The lowest BCUT2D eigenvalue weighted by molar-refractivity contribution is 0.262. The van der Waals surface area contributed by atoms with Crippen LogP contribution in [0, 0.1) is 24.1 Å². The van der Waals surface area contributed by atoms with E-state index in [-0.39, 0.29) is 16.9 Å². The van der Waals surface area contributed by atoms with E-state index in [9.17, 15) is 14.4 Å². The highest BCUT2D eigenvalue weighted by atomic mass is 19.1. The molecule has 0 spiro atoms. The third-order valence-electron chi connectivity index (χ3n) is 5.92. The smallest absolute Gasteiger partial charge is 0.324 e. The Morgan fingerprint density at radius 3 is 2.51 bits per heavy atom. The second-order valence-electron chi connectivity index (χ2n) is 10.1. The summed E-state index contributed by atoms with van der Waals surface area (Å²) in [4.78, 5) is 21.2. The molecule has 3 heterocycles. The number of ether oxygens (including phenoxy) is 1. The Kier molecular flexibility index (Phi) is 7.18. The zero-order chi connectivity index (χ0) is 29.1. The number of hydrogen-bond acceptors (Lipinski definition) is 7. The summed E-state index contributed by atoms with van der Waals surface area (Å²) in [6, 6.07) is 17.4. The molecule has 41 heavy (non-hydrogen) atoms. The molecule has 2 N–H and O–H groups in total. The third-order valence-corrected chi connectivity index (χ3v) is 5.92. The molecule has 5 rings (SSSR count). The Labute approximate surface area is 235 Å². The Bertz CT molecular complexity index is 1780. The predicted molar refractivity (Wildman–Crippen MR) is 150 cm³/mol. The van der Waals surface area contributed by atoms with Crippen LogP contribution in [-0.2, 0) is 5.41 Å². The van der Waals surface area contributed by atoms with E-state index in [2.05, 4.69) is 36.9 Å². The predicted octanol–water partition coefficient (Wildman–Crippen LogP) is 5.90. The van der Waals surface area contributed by atoms with Crippen LogP contribution in [0.5, 0.6) is 11.5 Å². The van der Waals surface area contributed by atoms with Gasteiger partial charge in [0.25, 0.3) is 0 Å². The fourth-order valence-corrected chi connectivity index (χ4v) is 3.85. The molecule has 12 heteroatoms. The summed E-state index contributed by atoms with van der Waals surface area (Å²) in [6.45, 7) is 7.76. The van der Waals surface area contributed by atoms with Crippen molar-refractivity contribution in [2.75, 3.05) is 10.6 Å². The maximum absolute atomic E-state index is 15.0. The van der Waals surface area contributed by atoms with Gasteiger partial charge >= 0.3 is 6.03 Å². The maximum atomic E-state index is 15.0. The fourth-order valence-electron chi connectivity index (χ4n) is 3.85. The van der Waals surface area contributed by atoms with Crippen molar-refractivity contribution in [3.63, 3.8) is 0 Å². The molecule has 0 aliphatic carbocycles. The van der Waals surface area contributed by atoms with Crippen molar-refractivity contribution in [2.24, 2.45) is 0 Å².